The summed E-state index contributed by atoms with van der Waals surface area (Å²) in [7, 11) is 0. The van der Waals surface area contributed by atoms with Crippen LogP contribution in [0.1, 0.15) is 16.8 Å². The molecule has 0 spiro atoms. The number of aromatic amines is 1. The molecule has 0 fully saturated rings. The molecule has 1 heterocycles. The first kappa shape index (κ1) is 13.6. The first-order chi connectivity index (χ1) is 9.70. The summed E-state index contributed by atoms with van der Waals surface area (Å²) in [6.07, 6.45) is 1.67. The zero-order valence-corrected chi connectivity index (χ0v) is 11.0. The summed E-state index contributed by atoms with van der Waals surface area (Å²) < 4.78 is 5.33. The minimum atomic E-state index is -0.252. The Balaban J connectivity index is 1.84. The van der Waals surface area contributed by atoms with Crippen LogP contribution in [0.4, 0.5) is 0 Å². The highest BCUT2D eigenvalue weighted by Gasteiger charge is 2.07. The summed E-state index contributed by atoms with van der Waals surface area (Å²) in [4.78, 5) is 11.7. The van der Waals surface area contributed by atoms with Gasteiger partial charge < -0.3 is 10.1 Å². The first-order valence-corrected chi connectivity index (χ1v) is 6.08. The van der Waals surface area contributed by atoms with E-state index in [4.69, 9.17) is 10.00 Å². The van der Waals surface area contributed by atoms with Gasteiger partial charge in [0.1, 0.15) is 11.8 Å². The molecule has 1 amide bonds. The number of aryl methyl sites for hydroxylation is 1. The Morgan fingerprint density at radius 1 is 1.50 bits per heavy atom. The number of hydrogen-bond acceptors (Lipinski definition) is 4. The zero-order valence-electron chi connectivity index (χ0n) is 11.0. The maximum absolute atomic E-state index is 11.7. The highest BCUT2D eigenvalue weighted by atomic mass is 16.5. The topological polar surface area (TPSA) is 90.8 Å². The van der Waals surface area contributed by atoms with E-state index in [1.54, 1.807) is 30.5 Å². The SMILES string of the molecule is Cc1[nH]ncc1CNC(=O)COc1ccccc1C#N. The second kappa shape index (κ2) is 6.38. The van der Waals surface area contributed by atoms with E-state index in [1.165, 1.54) is 0 Å². The molecule has 6 nitrogen and oxygen atoms in total. The van der Waals surface area contributed by atoms with Crippen LogP contribution in [0.5, 0.6) is 5.75 Å². The van der Waals surface area contributed by atoms with Crippen molar-refractivity contribution in [3.63, 3.8) is 0 Å². The van der Waals surface area contributed by atoms with Gasteiger partial charge in [0, 0.05) is 17.8 Å². The number of aromatic nitrogens is 2. The molecule has 0 radical (unpaired) electrons. The van der Waals surface area contributed by atoms with Crippen LogP contribution in [0.2, 0.25) is 0 Å². The highest BCUT2D eigenvalue weighted by Crippen LogP contribution is 2.16. The van der Waals surface area contributed by atoms with Crippen molar-refractivity contribution in [1.82, 2.24) is 15.5 Å². The van der Waals surface area contributed by atoms with Crippen molar-refractivity contribution in [1.29, 1.82) is 5.26 Å². The molecule has 2 rings (SSSR count). The fraction of sp³-hybridized carbons (Fsp3) is 0.214. The number of ether oxygens (including phenoxy) is 1. The van der Waals surface area contributed by atoms with Crippen molar-refractivity contribution >= 4 is 5.91 Å². The van der Waals surface area contributed by atoms with E-state index < -0.39 is 0 Å². The van der Waals surface area contributed by atoms with Gasteiger partial charge in [-0.15, -0.1) is 0 Å². The van der Waals surface area contributed by atoms with Crippen molar-refractivity contribution in [2.45, 2.75) is 13.5 Å². The molecule has 1 aromatic heterocycles. The lowest BCUT2D eigenvalue weighted by Crippen LogP contribution is -2.28. The number of carbonyl (C=O) groups is 1. The average molecular weight is 270 g/mol. The van der Waals surface area contributed by atoms with Gasteiger partial charge >= 0.3 is 0 Å². The number of rotatable bonds is 5. The van der Waals surface area contributed by atoms with E-state index in [-0.39, 0.29) is 12.5 Å². The van der Waals surface area contributed by atoms with Gasteiger partial charge in [0.25, 0.3) is 5.91 Å². The number of carbonyl (C=O) groups excluding carboxylic acids is 1. The predicted octanol–water partition coefficient (Wildman–Crippen LogP) is 1.28. The van der Waals surface area contributed by atoms with Gasteiger partial charge in [0.15, 0.2) is 6.61 Å². The number of benzene rings is 1. The molecule has 0 saturated carbocycles. The molecule has 6 heteroatoms. The molecule has 0 aliphatic rings. The normalized spacial score (nSPS) is 9.80. The Morgan fingerprint density at radius 3 is 3.00 bits per heavy atom. The van der Waals surface area contributed by atoms with Crippen LogP contribution in [-0.2, 0) is 11.3 Å². The standard InChI is InChI=1S/C14H14N4O2/c1-10-12(8-17-18-10)7-16-14(19)9-20-13-5-3-2-4-11(13)6-15/h2-5,8H,7,9H2,1H3,(H,16,19)(H,17,18). The second-order valence-electron chi connectivity index (χ2n) is 4.19. The first-order valence-electron chi connectivity index (χ1n) is 6.08. The number of H-pyrrole nitrogens is 1. The lowest BCUT2D eigenvalue weighted by molar-refractivity contribution is -0.123. The molecule has 102 valence electrons. The van der Waals surface area contributed by atoms with Crippen LogP contribution in [0, 0.1) is 18.3 Å². The fourth-order valence-electron chi connectivity index (χ4n) is 1.63. The van der Waals surface area contributed by atoms with Crippen LogP contribution in [0.15, 0.2) is 30.5 Å². The van der Waals surface area contributed by atoms with Crippen LogP contribution in [-0.4, -0.2) is 22.7 Å². The number of nitriles is 1. The van der Waals surface area contributed by atoms with E-state index in [9.17, 15) is 4.79 Å². The van der Waals surface area contributed by atoms with E-state index in [0.717, 1.165) is 11.3 Å². The molecule has 0 aliphatic carbocycles. The van der Waals surface area contributed by atoms with E-state index in [1.807, 2.05) is 13.0 Å². The van der Waals surface area contributed by atoms with Crippen LogP contribution in [0.25, 0.3) is 0 Å². The van der Waals surface area contributed by atoms with Gasteiger partial charge in [0.2, 0.25) is 0 Å². The summed E-state index contributed by atoms with van der Waals surface area (Å²) in [5, 5.41) is 18.3. The molecule has 0 aliphatic heterocycles. The van der Waals surface area contributed by atoms with Gasteiger partial charge in [-0.3, -0.25) is 9.89 Å². The maximum Gasteiger partial charge on any atom is 0.258 e. The number of hydrogen-bond donors (Lipinski definition) is 2. The van der Waals surface area contributed by atoms with E-state index >= 15 is 0 Å². The molecular formula is C14H14N4O2. The van der Waals surface area contributed by atoms with E-state index in [0.29, 0.717) is 17.9 Å². The third-order valence-corrected chi connectivity index (χ3v) is 2.78. The summed E-state index contributed by atoms with van der Waals surface area (Å²) in [5.41, 5.74) is 2.25. The third-order valence-electron chi connectivity index (χ3n) is 2.78. The number of amides is 1. The van der Waals surface area contributed by atoms with Crippen molar-refractivity contribution < 1.29 is 9.53 Å². The van der Waals surface area contributed by atoms with Crippen molar-refractivity contribution in [3.8, 4) is 11.8 Å². The Hall–Kier alpha value is -2.81. The number of nitrogens with one attached hydrogen (secondary N) is 2. The predicted molar refractivity (Wildman–Crippen MR) is 71.8 cm³/mol. The number of para-hydroxylation sites is 1. The Bertz CT molecular complexity index is 643. The second-order valence-corrected chi connectivity index (χ2v) is 4.19. The summed E-state index contributed by atoms with van der Waals surface area (Å²) in [6, 6.07) is 8.81. The molecule has 0 saturated heterocycles. The molecule has 0 atom stereocenters. The van der Waals surface area contributed by atoms with Gasteiger partial charge in [-0.05, 0) is 19.1 Å². The van der Waals surface area contributed by atoms with Crippen LogP contribution in [0.3, 0.4) is 0 Å². The van der Waals surface area contributed by atoms with Gasteiger partial charge in [-0.1, -0.05) is 12.1 Å². The minimum Gasteiger partial charge on any atom is -0.482 e. The van der Waals surface area contributed by atoms with Gasteiger partial charge in [-0.2, -0.15) is 10.4 Å². The third kappa shape index (κ3) is 3.36. The van der Waals surface area contributed by atoms with E-state index in [2.05, 4.69) is 15.5 Å². The van der Waals surface area contributed by atoms with Crippen molar-refractivity contribution in [2.75, 3.05) is 6.61 Å². The lowest BCUT2D eigenvalue weighted by Gasteiger charge is -2.08. The monoisotopic (exact) mass is 270 g/mol. The Kier molecular flexibility index (Phi) is 4.35. The van der Waals surface area contributed by atoms with Gasteiger partial charge in [0.05, 0.1) is 11.8 Å². The average Bonchev–Trinajstić information content (AvgIpc) is 2.88. The maximum atomic E-state index is 11.7. The quantitative estimate of drug-likeness (QED) is 0.856. The Morgan fingerprint density at radius 2 is 2.30 bits per heavy atom. The van der Waals surface area contributed by atoms with Crippen molar-refractivity contribution in [3.05, 3.63) is 47.3 Å². The summed E-state index contributed by atoms with van der Waals surface area (Å²) in [6.45, 7) is 2.15. The summed E-state index contributed by atoms with van der Waals surface area (Å²) >= 11 is 0. The minimum absolute atomic E-state index is 0.129. The van der Waals surface area contributed by atoms with Crippen LogP contribution < -0.4 is 10.1 Å². The summed E-state index contributed by atoms with van der Waals surface area (Å²) in [5.74, 6) is 0.156. The largest absolute Gasteiger partial charge is 0.482 e. The Labute approximate surface area is 116 Å². The molecule has 2 aromatic rings. The molecule has 20 heavy (non-hydrogen) atoms. The molecule has 0 unspecified atom stereocenters. The highest BCUT2D eigenvalue weighted by molar-refractivity contribution is 5.77. The zero-order chi connectivity index (χ0) is 14.4. The lowest BCUT2D eigenvalue weighted by atomic mass is 10.2. The molecular weight excluding hydrogens is 256 g/mol. The smallest absolute Gasteiger partial charge is 0.258 e. The van der Waals surface area contributed by atoms with Crippen LogP contribution >= 0.6 is 0 Å². The fourth-order valence-corrected chi connectivity index (χ4v) is 1.63. The molecule has 0 bridgehead atoms. The van der Waals surface area contributed by atoms with Gasteiger partial charge in [-0.25, -0.2) is 0 Å². The number of nitrogens with zero attached hydrogens (tertiary/aromatic N) is 2. The molecule has 2 N–H and O–H groups in total. The van der Waals surface area contributed by atoms with Crippen molar-refractivity contribution in [2.24, 2.45) is 0 Å². The molecule has 1 aromatic carbocycles.